The molecule has 0 spiro atoms. The third-order valence-electron chi connectivity index (χ3n) is 3.10. The fourth-order valence-corrected chi connectivity index (χ4v) is 2.27. The minimum atomic E-state index is 0.271. The van der Waals surface area contributed by atoms with E-state index in [9.17, 15) is 0 Å². The smallest absolute Gasteiger partial charge is 0.0250 e. The van der Waals surface area contributed by atoms with Crippen molar-refractivity contribution in [2.45, 2.75) is 25.3 Å². The van der Waals surface area contributed by atoms with E-state index >= 15 is 0 Å². The van der Waals surface area contributed by atoms with E-state index in [1.807, 2.05) is 6.08 Å². The van der Waals surface area contributed by atoms with Crippen molar-refractivity contribution in [3.63, 3.8) is 0 Å². The molecule has 2 saturated carbocycles. The Kier molecular flexibility index (Phi) is 1.34. The predicted octanol–water partition coefficient (Wildman–Crippen LogP) is 1.55. The molecule has 0 heterocycles. The summed E-state index contributed by atoms with van der Waals surface area (Å²) in [5.41, 5.74) is 5.84. The van der Waals surface area contributed by atoms with Crippen molar-refractivity contribution in [3.05, 3.63) is 12.7 Å². The molecule has 0 aliphatic heterocycles. The Balaban J connectivity index is 1.90. The van der Waals surface area contributed by atoms with Crippen molar-refractivity contribution in [2.75, 3.05) is 0 Å². The summed E-state index contributed by atoms with van der Waals surface area (Å²) < 4.78 is 0. The van der Waals surface area contributed by atoms with Crippen molar-refractivity contribution in [1.82, 2.24) is 0 Å². The first-order valence-corrected chi connectivity index (χ1v) is 4.19. The second-order valence-electron chi connectivity index (χ2n) is 3.80. The summed E-state index contributed by atoms with van der Waals surface area (Å²) in [5.74, 6) is 2.87. The van der Waals surface area contributed by atoms with E-state index in [0.29, 0.717) is 0 Å². The van der Waals surface area contributed by atoms with Gasteiger partial charge < -0.3 is 5.73 Å². The molecule has 10 heavy (non-hydrogen) atoms. The van der Waals surface area contributed by atoms with Crippen LogP contribution in [0.5, 0.6) is 0 Å². The quantitative estimate of drug-likeness (QED) is 0.574. The Hall–Kier alpha value is -0.300. The van der Waals surface area contributed by atoms with Gasteiger partial charge in [-0.25, -0.2) is 0 Å². The van der Waals surface area contributed by atoms with Crippen LogP contribution in [0.3, 0.4) is 0 Å². The standard InChI is InChI=1S/C9H15N/c1-2-9(10)8-4-6-3-7(6)5-8/h2,6-9H,1,3-5,10H2. The molecule has 1 heteroatoms. The fourth-order valence-electron chi connectivity index (χ4n) is 2.27. The molecule has 0 saturated heterocycles. The molecule has 0 radical (unpaired) electrons. The molecule has 2 aliphatic rings. The zero-order chi connectivity index (χ0) is 7.14. The lowest BCUT2D eigenvalue weighted by Crippen LogP contribution is -2.26. The van der Waals surface area contributed by atoms with Crippen LogP contribution in [0.4, 0.5) is 0 Å². The second kappa shape index (κ2) is 2.09. The highest BCUT2D eigenvalue weighted by molar-refractivity contribution is 5.02. The Morgan fingerprint density at radius 1 is 1.30 bits per heavy atom. The summed E-state index contributed by atoms with van der Waals surface area (Å²) in [7, 11) is 0. The molecule has 56 valence electrons. The van der Waals surface area contributed by atoms with Crippen LogP contribution in [0.2, 0.25) is 0 Å². The lowest BCUT2D eigenvalue weighted by molar-refractivity contribution is 0.442. The van der Waals surface area contributed by atoms with Gasteiger partial charge in [0.15, 0.2) is 0 Å². The van der Waals surface area contributed by atoms with Crippen LogP contribution in [0.15, 0.2) is 12.7 Å². The van der Waals surface area contributed by atoms with E-state index in [1.54, 1.807) is 0 Å². The first-order chi connectivity index (χ1) is 4.81. The Bertz CT molecular complexity index is 143. The average Bonchev–Trinajstić information content (AvgIpc) is 2.57. The van der Waals surface area contributed by atoms with Gasteiger partial charge in [0, 0.05) is 6.04 Å². The average molecular weight is 137 g/mol. The molecular formula is C9H15N. The van der Waals surface area contributed by atoms with Gasteiger partial charge in [0.05, 0.1) is 0 Å². The van der Waals surface area contributed by atoms with E-state index < -0.39 is 0 Å². The molecule has 3 unspecified atom stereocenters. The fraction of sp³-hybridized carbons (Fsp3) is 0.778. The number of nitrogens with two attached hydrogens (primary N) is 1. The van der Waals surface area contributed by atoms with Crippen LogP contribution >= 0.6 is 0 Å². The normalized spacial score (nSPS) is 46.3. The third-order valence-corrected chi connectivity index (χ3v) is 3.10. The first kappa shape index (κ1) is 6.41. The van der Waals surface area contributed by atoms with Crippen molar-refractivity contribution in [1.29, 1.82) is 0 Å². The van der Waals surface area contributed by atoms with Gasteiger partial charge in [0.25, 0.3) is 0 Å². The molecule has 0 aromatic rings. The van der Waals surface area contributed by atoms with Crippen molar-refractivity contribution < 1.29 is 0 Å². The summed E-state index contributed by atoms with van der Waals surface area (Å²) in [6.45, 7) is 3.72. The third kappa shape index (κ3) is 0.891. The number of rotatable bonds is 2. The highest BCUT2D eigenvalue weighted by Gasteiger charge is 2.46. The minimum Gasteiger partial charge on any atom is -0.324 e. The molecular weight excluding hydrogens is 122 g/mol. The van der Waals surface area contributed by atoms with Gasteiger partial charge in [-0.05, 0) is 37.0 Å². The van der Waals surface area contributed by atoms with Crippen LogP contribution in [0, 0.1) is 17.8 Å². The molecule has 3 atom stereocenters. The van der Waals surface area contributed by atoms with Gasteiger partial charge in [-0.15, -0.1) is 6.58 Å². The Labute approximate surface area is 62.3 Å². The molecule has 2 rings (SSSR count). The zero-order valence-electron chi connectivity index (χ0n) is 6.29. The monoisotopic (exact) mass is 137 g/mol. The topological polar surface area (TPSA) is 26.0 Å². The molecule has 0 aromatic carbocycles. The minimum absolute atomic E-state index is 0.271. The van der Waals surface area contributed by atoms with Crippen LogP contribution in [-0.4, -0.2) is 6.04 Å². The maximum atomic E-state index is 5.84. The van der Waals surface area contributed by atoms with Gasteiger partial charge in [-0.2, -0.15) is 0 Å². The van der Waals surface area contributed by atoms with Crippen LogP contribution < -0.4 is 5.73 Å². The van der Waals surface area contributed by atoms with Crippen molar-refractivity contribution >= 4 is 0 Å². The highest BCUT2D eigenvalue weighted by atomic mass is 14.7. The summed E-state index contributed by atoms with van der Waals surface area (Å²) in [6, 6.07) is 0.271. The van der Waals surface area contributed by atoms with Crippen molar-refractivity contribution in [3.8, 4) is 0 Å². The number of hydrogen-bond donors (Lipinski definition) is 1. The Morgan fingerprint density at radius 2 is 1.90 bits per heavy atom. The molecule has 2 N–H and O–H groups in total. The molecule has 2 aliphatic carbocycles. The summed E-state index contributed by atoms with van der Waals surface area (Å²) in [6.07, 6.45) is 6.13. The SMILES string of the molecule is C=CC(N)C1CC2CC2C1. The lowest BCUT2D eigenvalue weighted by Gasteiger charge is -2.15. The molecule has 0 aromatic heterocycles. The van der Waals surface area contributed by atoms with E-state index in [-0.39, 0.29) is 6.04 Å². The van der Waals surface area contributed by atoms with E-state index in [0.717, 1.165) is 17.8 Å². The lowest BCUT2D eigenvalue weighted by atomic mass is 9.95. The maximum Gasteiger partial charge on any atom is 0.0250 e. The van der Waals surface area contributed by atoms with E-state index in [1.165, 1.54) is 19.3 Å². The summed E-state index contributed by atoms with van der Waals surface area (Å²) >= 11 is 0. The van der Waals surface area contributed by atoms with Crippen LogP contribution in [0.1, 0.15) is 19.3 Å². The molecule has 1 nitrogen and oxygen atoms in total. The van der Waals surface area contributed by atoms with Crippen molar-refractivity contribution in [2.24, 2.45) is 23.5 Å². The van der Waals surface area contributed by atoms with Gasteiger partial charge in [0.2, 0.25) is 0 Å². The molecule has 0 amide bonds. The van der Waals surface area contributed by atoms with E-state index in [2.05, 4.69) is 6.58 Å². The summed E-state index contributed by atoms with van der Waals surface area (Å²) in [5, 5.41) is 0. The maximum absolute atomic E-state index is 5.84. The predicted molar refractivity (Wildman–Crippen MR) is 42.5 cm³/mol. The number of hydrogen-bond acceptors (Lipinski definition) is 1. The van der Waals surface area contributed by atoms with E-state index in [4.69, 9.17) is 5.73 Å². The highest BCUT2D eigenvalue weighted by Crippen LogP contribution is 2.54. The molecule has 0 bridgehead atoms. The Morgan fingerprint density at radius 3 is 2.40 bits per heavy atom. The number of fused-ring (bicyclic) bond motifs is 1. The van der Waals surface area contributed by atoms with Gasteiger partial charge in [-0.3, -0.25) is 0 Å². The van der Waals surface area contributed by atoms with Crippen LogP contribution in [0.25, 0.3) is 0 Å². The molecule has 2 fully saturated rings. The van der Waals surface area contributed by atoms with Gasteiger partial charge in [0.1, 0.15) is 0 Å². The zero-order valence-corrected chi connectivity index (χ0v) is 6.29. The van der Waals surface area contributed by atoms with Gasteiger partial charge in [-0.1, -0.05) is 6.08 Å². The summed E-state index contributed by atoms with van der Waals surface area (Å²) in [4.78, 5) is 0. The largest absolute Gasteiger partial charge is 0.324 e. The second-order valence-corrected chi connectivity index (χ2v) is 3.80. The van der Waals surface area contributed by atoms with Crippen LogP contribution in [-0.2, 0) is 0 Å². The first-order valence-electron chi connectivity index (χ1n) is 4.19. The van der Waals surface area contributed by atoms with Gasteiger partial charge >= 0.3 is 0 Å².